The van der Waals surface area contributed by atoms with Crippen LogP contribution in [0.5, 0.6) is 0 Å². The Morgan fingerprint density at radius 3 is 1.88 bits per heavy atom. The zero-order valence-corrected chi connectivity index (χ0v) is 14.9. The molecule has 2 fully saturated rings. The zero-order chi connectivity index (χ0) is 20.0. The third-order valence-electron chi connectivity index (χ3n) is 3.75. The van der Waals surface area contributed by atoms with Crippen LogP contribution >= 0.6 is 0 Å². The monoisotopic (exact) mass is 372 g/mol. The van der Waals surface area contributed by atoms with Crippen molar-refractivity contribution in [3.8, 4) is 0 Å². The number of carbonyl (C=O) groups is 5. The van der Waals surface area contributed by atoms with Gasteiger partial charge in [-0.05, 0) is 34.6 Å². The first kappa shape index (κ1) is 19.5. The van der Waals surface area contributed by atoms with Crippen LogP contribution in [0.2, 0.25) is 0 Å². The fraction of sp³-hybridized carbons (Fsp3) is 0.667. The van der Waals surface area contributed by atoms with Crippen LogP contribution in [0.15, 0.2) is 0 Å². The van der Waals surface area contributed by atoms with Crippen molar-refractivity contribution in [2.75, 3.05) is 0 Å². The molecule has 11 heteroatoms. The highest BCUT2D eigenvalue weighted by molar-refractivity contribution is 6.05. The summed E-state index contributed by atoms with van der Waals surface area (Å²) in [6.07, 6.45) is -5.64. The predicted molar refractivity (Wildman–Crippen MR) is 82.0 cm³/mol. The number of cyclic esters (lactones) is 2. The molecule has 0 aromatic rings. The van der Waals surface area contributed by atoms with Gasteiger partial charge >= 0.3 is 24.2 Å². The number of carboxylic acid groups (broad SMARTS) is 1. The number of amides is 4. The molecule has 0 radical (unpaired) electrons. The maximum absolute atomic E-state index is 12.8. The van der Waals surface area contributed by atoms with Gasteiger partial charge in [-0.2, -0.15) is 4.90 Å². The van der Waals surface area contributed by atoms with Gasteiger partial charge in [0, 0.05) is 0 Å². The minimum absolute atomic E-state index is 0.382. The van der Waals surface area contributed by atoms with Crippen molar-refractivity contribution in [1.29, 1.82) is 0 Å². The summed E-state index contributed by atoms with van der Waals surface area (Å²) in [6, 6.07) is -3.14. The van der Waals surface area contributed by atoms with Crippen LogP contribution in [-0.2, 0) is 23.8 Å². The van der Waals surface area contributed by atoms with Gasteiger partial charge in [0.05, 0.1) is 0 Å². The summed E-state index contributed by atoms with van der Waals surface area (Å²) >= 11 is 0. The van der Waals surface area contributed by atoms with E-state index in [4.69, 9.17) is 14.2 Å². The van der Waals surface area contributed by atoms with Crippen molar-refractivity contribution in [2.24, 2.45) is 0 Å². The highest BCUT2D eigenvalue weighted by Gasteiger charge is 2.56. The van der Waals surface area contributed by atoms with E-state index in [1.165, 1.54) is 13.8 Å². The van der Waals surface area contributed by atoms with E-state index in [0.29, 0.717) is 9.80 Å². The third-order valence-corrected chi connectivity index (χ3v) is 3.75. The summed E-state index contributed by atoms with van der Waals surface area (Å²) in [6.45, 7) is 7.34. The molecule has 0 aromatic carbocycles. The van der Waals surface area contributed by atoms with Gasteiger partial charge in [-0.25, -0.2) is 24.1 Å². The molecule has 2 aliphatic rings. The molecular formula is C15H20N2O9. The summed E-state index contributed by atoms with van der Waals surface area (Å²) in [4.78, 5) is 61.3. The van der Waals surface area contributed by atoms with Crippen molar-refractivity contribution >= 4 is 30.2 Å². The molecule has 1 N–H and O–H groups in total. The van der Waals surface area contributed by atoms with Crippen molar-refractivity contribution in [3.63, 3.8) is 0 Å². The van der Waals surface area contributed by atoms with Crippen molar-refractivity contribution in [2.45, 2.75) is 64.5 Å². The summed E-state index contributed by atoms with van der Waals surface area (Å²) < 4.78 is 14.8. The average Bonchev–Trinajstić information content (AvgIpc) is 2.91. The lowest BCUT2D eigenvalue weighted by molar-refractivity contribution is -0.148. The van der Waals surface area contributed by atoms with Crippen LogP contribution in [0, 0.1) is 0 Å². The number of carbonyl (C=O) groups excluding carboxylic acids is 4. The number of ether oxygens (including phenoxy) is 3. The van der Waals surface area contributed by atoms with Crippen LogP contribution in [0.25, 0.3) is 0 Å². The molecule has 2 rings (SSSR count). The van der Waals surface area contributed by atoms with Gasteiger partial charge in [0.2, 0.25) is 0 Å². The Balaban J connectivity index is 2.35. The van der Waals surface area contributed by atoms with Crippen LogP contribution in [-0.4, -0.2) is 75.0 Å². The van der Waals surface area contributed by atoms with Crippen LogP contribution < -0.4 is 0 Å². The highest BCUT2D eigenvalue weighted by atomic mass is 16.6. The van der Waals surface area contributed by atoms with Crippen LogP contribution in [0.3, 0.4) is 0 Å². The first-order valence-corrected chi connectivity index (χ1v) is 7.84. The van der Waals surface area contributed by atoms with Gasteiger partial charge in [0.15, 0.2) is 12.1 Å². The Morgan fingerprint density at radius 1 is 0.962 bits per heavy atom. The lowest BCUT2D eigenvalue weighted by Crippen LogP contribution is -2.56. The minimum atomic E-state index is -1.58. The first-order valence-electron chi connectivity index (χ1n) is 7.84. The summed E-state index contributed by atoms with van der Waals surface area (Å²) in [5.41, 5.74) is -0.957. The Bertz CT molecular complexity index is 669. The molecule has 0 spiro atoms. The van der Waals surface area contributed by atoms with Crippen molar-refractivity contribution in [1.82, 2.24) is 9.80 Å². The normalized spacial score (nSPS) is 28.7. The number of rotatable bonds is 2. The maximum atomic E-state index is 12.8. The SMILES string of the molecule is C[C@H]1OC(=O)N(C(=O)OC(C)(C)C)[C@@H]1C(=O)N1C(=O)O[C@H](C)[C@H]1C(=O)O. The van der Waals surface area contributed by atoms with Crippen LogP contribution in [0.4, 0.5) is 14.4 Å². The molecule has 4 amide bonds. The predicted octanol–water partition coefficient (Wildman–Crippen LogP) is 0.951. The molecular weight excluding hydrogens is 352 g/mol. The fourth-order valence-electron chi connectivity index (χ4n) is 2.70. The molecule has 144 valence electrons. The summed E-state index contributed by atoms with van der Waals surface area (Å²) in [5, 5.41) is 9.28. The molecule has 0 aromatic heterocycles. The van der Waals surface area contributed by atoms with Gasteiger partial charge in [0.25, 0.3) is 5.91 Å². The van der Waals surface area contributed by atoms with Crippen LogP contribution in [0.1, 0.15) is 34.6 Å². The molecule has 11 nitrogen and oxygen atoms in total. The average molecular weight is 372 g/mol. The lowest BCUT2D eigenvalue weighted by atomic mass is 10.1. The second-order valence-corrected chi connectivity index (χ2v) is 6.96. The Kier molecular flexibility index (Phi) is 4.84. The standard InChI is InChI=1S/C15H20N2O9/c1-6-8(17(13(22)24-6)14(23)26-15(3,4)5)10(18)16-9(11(19)20)7(2)25-12(16)21/h6-9H,1-5H3,(H,19,20)/t6-,7-,8+,9+/m1/s1. The summed E-state index contributed by atoms with van der Waals surface area (Å²) in [5.74, 6) is -2.56. The number of nitrogens with zero attached hydrogens (tertiary/aromatic N) is 2. The minimum Gasteiger partial charge on any atom is -0.480 e. The second-order valence-electron chi connectivity index (χ2n) is 6.96. The third kappa shape index (κ3) is 3.41. The van der Waals surface area contributed by atoms with E-state index >= 15 is 0 Å². The van der Waals surface area contributed by atoms with E-state index in [9.17, 15) is 29.1 Å². The first-order chi connectivity index (χ1) is 11.8. The van der Waals surface area contributed by atoms with Gasteiger partial charge < -0.3 is 19.3 Å². The molecule has 0 unspecified atom stereocenters. The van der Waals surface area contributed by atoms with Gasteiger partial charge in [0.1, 0.15) is 17.8 Å². The Morgan fingerprint density at radius 2 is 1.42 bits per heavy atom. The smallest absolute Gasteiger partial charge is 0.420 e. The van der Waals surface area contributed by atoms with E-state index in [-0.39, 0.29) is 0 Å². The summed E-state index contributed by atoms with van der Waals surface area (Å²) in [7, 11) is 0. The van der Waals surface area contributed by atoms with E-state index in [0.717, 1.165) is 0 Å². The van der Waals surface area contributed by atoms with E-state index in [2.05, 4.69) is 0 Å². The number of imide groups is 2. The molecule has 0 bridgehead atoms. The second kappa shape index (κ2) is 6.46. The molecule has 2 heterocycles. The van der Waals surface area contributed by atoms with E-state index in [1.54, 1.807) is 20.8 Å². The maximum Gasteiger partial charge on any atom is 0.420 e. The zero-order valence-electron chi connectivity index (χ0n) is 14.9. The van der Waals surface area contributed by atoms with Gasteiger partial charge in [-0.1, -0.05) is 0 Å². The van der Waals surface area contributed by atoms with E-state index < -0.39 is 60.0 Å². The van der Waals surface area contributed by atoms with Gasteiger partial charge in [-0.15, -0.1) is 0 Å². The Hall–Kier alpha value is -2.85. The molecule has 26 heavy (non-hydrogen) atoms. The highest BCUT2D eigenvalue weighted by Crippen LogP contribution is 2.28. The largest absolute Gasteiger partial charge is 0.480 e. The molecule has 2 saturated heterocycles. The van der Waals surface area contributed by atoms with E-state index in [1.807, 2.05) is 0 Å². The fourth-order valence-corrected chi connectivity index (χ4v) is 2.70. The Labute approximate surface area is 148 Å². The topological polar surface area (TPSA) is 140 Å². The number of hydrogen-bond acceptors (Lipinski definition) is 8. The lowest BCUT2D eigenvalue weighted by Gasteiger charge is -2.28. The quantitative estimate of drug-likeness (QED) is 0.701. The van der Waals surface area contributed by atoms with Gasteiger partial charge in [-0.3, -0.25) is 4.79 Å². The molecule has 2 aliphatic heterocycles. The van der Waals surface area contributed by atoms with Crippen molar-refractivity contribution in [3.05, 3.63) is 0 Å². The number of aliphatic carboxylic acids is 1. The molecule has 0 aliphatic carbocycles. The molecule has 0 saturated carbocycles. The number of carboxylic acids is 1. The number of hydrogen-bond donors (Lipinski definition) is 1. The van der Waals surface area contributed by atoms with Crippen molar-refractivity contribution < 1.29 is 43.3 Å². The molecule has 4 atom stereocenters.